The number of carbonyl (C=O) groups is 2. The largest absolute Gasteiger partial charge is 0.454 e. The average Bonchev–Trinajstić information content (AvgIpc) is 2.85. The lowest BCUT2D eigenvalue weighted by atomic mass is 9.84. The van der Waals surface area contributed by atoms with Gasteiger partial charge in [-0.3, -0.25) is 4.79 Å². The van der Waals surface area contributed by atoms with E-state index in [0.29, 0.717) is 6.42 Å². The van der Waals surface area contributed by atoms with Crippen LogP contribution in [0.15, 0.2) is 35.5 Å². The monoisotopic (exact) mass is 348 g/mol. The average molecular weight is 348 g/mol. The van der Waals surface area contributed by atoms with Crippen molar-refractivity contribution in [2.45, 2.75) is 65.3 Å². The second-order valence-electron chi connectivity index (χ2n) is 7.08. The van der Waals surface area contributed by atoms with E-state index < -0.39 is 30.2 Å². The Balaban J connectivity index is 2.41. The lowest BCUT2D eigenvalue weighted by molar-refractivity contribution is -0.163. The molecule has 1 saturated heterocycles. The van der Waals surface area contributed by atoms with Gasteiger partial charge >= 0.3 is 11.9 Å². The number of aliphatic hydroxyl groups excluding tert-OH is 1. The Morgan fingerprint density at radius 1 is 1.48 bits per heavy atom. The summed E-state index contributed by atoms with van der Waals surface area (Å²) in [5, 5.41) is 10.6. The van der Waals surface area contributed by atoms with Gasteiger partial charge < -0.3 is 14.6 Å². The van der Waals surface area contributed by atoms with Crippen molar-refractivity contribution in [2.75, 3.05) is 0 Å². The zero-order chi connectivity index (χ0) is 18.7. The lowest BCUT2D eigenvalue weighted by Gasteiger charge is -2.30. The third kappa shape index (κ3) is 4.21. The van der Waals surface area contributed by atoms with Crippen molar-refractivity contribution >= 4 is 11.9 Å². The summed E-state index contributed by atoms with van der Waals surface area (Å²) in [4.78, 5) is 24.4. The highest BCUT2D eigenvalue weighted by Gasteiger charge is 2.48. The van der Waals surface area contributed by atoms with E-state index in [1.54, 1.807) is 13.0 Å². The second-order valence-corrected chi connectivity index (χ2v) is 7.08. The second kappa shape index (κ2) is 8.00. The standard InChI is InChI=1S/C20H28O5/c1-6-12(3)19(22)24-17-13(4)9-7-8-11(2)10-15(21)16-14(5)20(23)25-18(16)17/h9-10,12,15-18,21H,5-8H2,1-4H3/b11-10+,13-9+/t12-,15-,16+,17+,18-/m1/s1. The van der Waals surface area contributed by atoms with Gasteiger partial charge in [-0.15, -0.1) is 0 Å². The number of hydrogen-bond acceptors (Lipinski definition) is 5. The lowest BCUT2D eigenvalue weighted by Crippen LogP contribution is -2.41. The minimum absolute atomic E-state index is 0.222. The van der Waals surface area contributed by atoms with Gasteiger partial charge in [-0.05, 0) is 38.7 Å². The molecule has 0 aromatic carbocycles. The van der Waals surface area contributed by atoms with Crippen molar-refractivity contribution in [1.29, 1.82) is 0 Å². The summed E-state index contributed by atoms with van der Waals surface area (Å²) < 4.78 is 11.2. The molecule has 1 N–H and O–H groups in total. The Labute approximate surface area is 149 Å². The normalized spacial score (nSPS) is 35.6. The molecule has 5 nitrogen and oxygen atoms in total. The van der Waals surface area contributed by atoms with Crippen LogP contribution in [0.5, 0.6) is 0 Å². The topological polar surface area (TPSA) is 72.8 Å². The number of hydrogen-bond donors (Lipinski definition) is 1. The highest BCUT2D eigenvalue weighted by Crippen LogP contribution is 2.36. The summed E-state index contributed by atoms with van der Waals surface area (Å²) >= 11 is 0. The minimum atomic E-state index is -0.903. The summed E-state index contributed by atoms with van der Waals surface area (Å²) in [6, 6.07) is 0. The Hall–Kier alpha value is -1.88. The maximum Gasteiger partial charge on any atom is 0.334 e. The fourth-order valence-electron chi connectivity index (χ4n) is 3.21. The molecule has 2 rings (SSSR count). The van der Waals surface area contributed by atoms with Gasteiger partial charge in [0.05, 0.1) is 17.9 Å². The molecule has 0 saturated carbocycles. The molecular weight excluding hydrogens is 320 g/mol. The summed E-state index contributed by atoms with van der Waals surface area (Å²) in [5.41, 5.74) is 2.09. The van der Waals surface area contributed by atoms with Crippen LogP contribution in [0.1, 0.15) is 47.0 Å². The first-order valence-corrected chi connectivity index (χ1v) is 8.88. The van der Waals surface area contributed by atoms with E-state index in [2.05, 4.69) is 6.58 Å². The molecule has 0 unspecified atom stereocenters. The molecular formula is C20H28O5. The van der Waals surface area contributed by atoms with E-state index in [-0.39, 0.29) is 17.5 Å². The molecule has 0 aromatic heterocycles. The molecule has 1 aliphatic heterocycles. The zero-order valence-corrected chi connectivity index (χ0v) is 15.5. The third-order valence-electron chi connectivity index (χ3n) is 5.09. The number of fused-ring (bicyclic) bond motifs is 1. The zero-order valence-electron chi connectivity index (χ0n) is 15.5. The van der Waals surface area contributed by atoms with Crippen molar-refractivity contribution in [1.82, 2.24) is 0 Å². The first-order chi connectivity index (χ1) is 11.8. The van der Waals surface area contributed by atoms with Crippen molar-refractivity contribution in [2.24, 2.45) is 11.8 Å². The highest BCUT2D eigenvalue weighted by atomic mass is 16.6. The van der Waals surface area contributed by atoms with Gasteiger partial charge in [0.1, 0.15) is 0 Å². The molecule has 138 valence electrons. The number of esters is 2. The van der Waals surface area contributed by atoms with Gasteiger partial charge in [-0.25, -0.2) is 4.79 Å². The molecule has 5 atom stereocenters. The van der Waals surface area contributed by atoms with Crippen LogP contribution in [0.2, 0.25) is 0 Å². The van der Waals surface area contributed by atoms with Crippen LogP contribution in [0.4, 0.5) is 0 Å². The highest BCUT2D eigenvalue weighted by molar-refractivity contribution is 5.91. The minimum Gasteiger partial charge on any atom is -0.454 e. The molecule has 0 radical (unpaired) electrons. The molecule has 2 aliphatic rings. The molecule has 1 aliphatic carbocycles. The number of carbonyl (C=O) groups excluding carboxylic acids is 2. The molecule has 1 heterocycles. The van der Waals surface area contributed by atoms with E-state index in [4.69, 9.17) is 9.47 Å². The third-order valence-corrected chi connectivity index (χ3v) is 5.09. The van der Waals surface area contributed by atoms with E-state index in [1.165, 1.54) is 0 Å². The van der Waals surface area contributed by atoms with E-state index in [0.717, 1.165) is 24.0 Å². The fraction of sp³-hybridized carbons (Fsp3) is 0.600. The smallest absolute Gasteiger partial charge is 0.334 e. The Bertz CT molecular complexity index is 616. The predicted octanol–water partition coefficient (Wildman–Crippen LogP) is 3.09. The molecule has 0 amide bonds. The van der Waals surface area contributed by atoms with Gasteiger partial charge in [-0.2, -0.15) is 0 Å². The van der Waals surface area contributed by atoms with Crippen LogP contribution in [-0.2, 0) is 19.1 Å². The maximum absolute atomic E-state index is 12.3. The van der Waals surface area contributed by atoms with E-state index in [9.17, 15) is 14.7 Å². The van der Waals surface area contributed by atoms with Crippen molar-refractivity contribution in [3.8, 4) is 0 Å². The Morgan fingerprint density at radius 3 is 2.80 bits per heavy atom. The molecule has 1 fully saturated rings. The predicted molar refractivity (Wildman–Crippen MR) is 94.6 cm³/mol. The maximum atomic E-state index is 12.3. The van der Waals surface area contributed by atoms with Gasteiger partial charge in [-0.1, -0.05) is 38.2 Å². The molecule has 5 heteroatoms. The molecule has 0 spiro atoms. The number of rotatable bonds is 3. The molecule has 25 heavy (non-hydrogen) atoms. The summed E-state index contributed by atoms with van der Waals surface area (Å²) in [5.74, 6) is -1.74. The van der Waals surface area contributed by atoms with E-state index in [1.807, 2.05) is 26.8 Å². The van der Waals surface area contributed by atoms with Crippen molar-refractivity contribution in [3.05, 3.63) is 35.5 Å². The Kier molecular flexibility index (Phi) is 6.22. The SMILES string of the molecule is C=C1C(=O)O[C@@H]2[C@@H]1[C@H](O)/C=C(\C)CC/C=C(\C)[C@@H]2OC(=O)[C@H](C)CC. The van der Waals surface area contributed by atoms with Crippen molar-refractivity contribution in [3.63, 3.8) is 0 Å². The van der Waals surface area contributed by atoms with Crippen LogP contribution in [0.3, 0.4) is 0 Å². The first-order valence-electron chi connectivity index (χ1n) is 8.88. The number of ether oxygens (including phenoxy) is 2. The van der Waals surface area contributed by atoms with Crippen LogP contribution >= 0.6 is 0 Å². The Morgan fingerprint density at radius 2 is 2.16 bits per heavy atom. The summed E-state index contributed by atoms with van der Waals surface area (Å²) in [6.07, 6.45) is 3.60. The number of aliphatic hydroxyl groups is 1. The first kappa shape index (κ1) is 19.4. The van der Waals surface area contributed by atoms with Crippen LogP contribution in [0, 0.1) is 11.8 Å². The van der Waals surface area contributed by atoms with Gasteiger partial charge in [0, 0.05) is 5.57 Å². The van der Waals surface area contributed by atoms with Crippen LogP contribution in [-0.4, -0.2) is 35.4 Å². The quantitative estimate of drug-likeness (QED) is 0.482. The molecule has 0 aromatic rings. The van der Waals surface area contributed by atoms with Crippen molar-refractivity contribution < 1.29 is 24.2 Å². The summed E-state index contributed by atoms with van der Waals surface area (Å²) in [6.45, 7) is 11.3. The van der Waals surface area contributed by atoms with Crippen LogP contribution in [0.25, 0.3) is 0 Å². The number of allylic oxidation sites excluding steroid dienone is 2. The van der Waals surface area contributed by atoms with Gasteiger partial charge in [0.2, 0.25) is 0 Å². The van der Waals surface area contributed by atoms with Gasteiger partial charge in [0.15, 0.2) is 12.2 Å². The molecule has 0 bridgehead atoms. The summed E-state index contributed by atoms with van der Waals surface area (Å²) in [7, 11) is 0. The fourth-order valence-corrected chi connectivity index (χ4v) is 3.21. The van der Waals surface area contributed by atoms with E-state index >= 15 is 0 Å². The van der Waals surface area contributed by atoms with Gasteiger partial charge in [0.25, 0.3) is 0 Å². The van der Waals surface area contributed by atoms with Crippen LogP contribution < -0.4 is 0 Å².